The van der Waals surface area contributed by atoms with Gasteiger partial charge in [-0.2, -0.15) is 5.10 Å². The van der Waals surface area contributed by atoms with Gasteiger partial charge in [-0.25, -0.2) is 4.98 Å². The molecule has 2 heterocycles. The van der Waals surface area contributed by atoms with Crippen LogP contribution in [0.15, 0.2) is 24.5 Å². The summed E-state index contributed by atoms with van der Waals surface area (Å²) in [5.74, 6) is 2.79. The van der Waals surface area contributed by atoms with E-state index >= 15 is 0 Å². The van der Waals surface area contributed by atoms with Gasteiger partial charge in [-0.1, -0.05) is 0 Å². The van der Waals surface area contributed by atoms with Crippen LogP contribution in [0.3, 0.4) is 0 Å². The lowest BCUT2D eigenvalue weighted by atomic mass is 9.97. The van der Waals surface area contributed by atoms with Crippen molar-refractivity contribution >= 4 is 16.7 Å². The fourth-order valence-electron chi connectivity index (χ4n) is 3.51. The number of imidazole rings is 1. The first kappa shape index (κ1) is 10.5. The molecular formula is C15H15N5. The van der Waals surface area contributed by atoms with E-state index < -0.39 is 0 Å². The summed E-state index contributed by atoms with van der Waals surface area (Å²) in [7, 11) is 0. The largest absolute Gasteiger partial charge is 0.399 e. The third kappa shape index (κ3) is 1.32. The summed E-state index contributed by atoms with van der Waals surface area (Å²) >= 11 is 0. The van der Waals surface area contributed by atoms with E-state index in [0.29, 0.717) is 0 Å². The predicted molar refractivity (Wildman–Crippen MR) is 76.6 cm³/mol. The standard InChI is InChI=1S/C15H15N5/c16-10-1-2-14-13(6-10)17-7-20(14)15-11-4-8-3-9(8)5-12(11)18-19-15/h1-2,6-9H,3-5,16H2,(H,18,19). The van der Waals surface area contributed by atoms with Crippen LogP contribution in [0.25, 0.3) is 16.9 Å². The average Bonchev–Trinajstić information content (AvgIpc) is 2.89. The molecule has 100 valence electrons. The molecule has 2 unspecified atom stereocenters. The van der Waals surface area contributed by atoms with Gasteiger partial charge < -0.3 is 5.73 Å². The molecule has 2 aromatic heterocycles. The van der Waals surface area contributed by atoms with Crippen LogP contribution in [0.5, 0.6) is 0 Å². The molecule has 5 rings (SSSR count). The minimum atomic E-state index is 0.743. The van der Waals surface area contributed by atoms with Gasteiger partial charge >= 0.3 is 0 Å². The third-order valence-electron chi connectivity index (χ3n) is 4.73. The molecule has 3 aromatic rings. The maximum absolute atomic E-state index is 5.82. The smallest absolute Gasteiger partial charge is 0.163 e. The summed E-state index contributed by atoms with van der Waals surface area (Å²) < 4.78 is 2.08. The van der Waals surface area contributed by atoms with Crippen LogP contribution >= 0.6 is 0 Å². The molecular weight excluding hydrogens is 250 g/mol. The zero-order valence-corrected chi connectivity index (χ0v) is 11.0. The minimum absolute atomic E-state index is 0.743. The number of H-pyrrole nitrogens is 1. The maximum Gasteiger partial charge on any atom is 0.163 e. The van der Waals surface area contributed by atoms with Crippen molar-refractivity contribution in [1.82, 2.24) is 19.7 Å². The minimum Gasteiger partial charge on any atom is -0.399 e. The van der Waals surface area contributed by atoms with Gasteiger partial charge in [0.1, 0.15) is 6.33 Å². The van der Waals surface area contributed by atoms with Crippen LogP contribution in [-0.4, -0.2) is 19.7 Å². The molecule has 20 heavy (non-hydrogen) atoms. The predicted octanol–water partition coefficient (Wildman–Crippen LogP) is 2.07. The quantitative estimate of drug-likeness (QED) is 0.661. The van der Waals surface area contributed by atoms with Crippen molar-refractivity contribution in [3.63, 3.8) is 0 Å². The first-order chi connectivity index (χ1) is 9.79. The summed E-state index contributed by atoms with van der Waals surface area (Å²) in [6.45, 7) is 0. The average molecular weight is 265 g/mol. The molecule has 0 radical (unpaired) electrons. The number of hydrogen-bond acceptors (Lipinski definition) is 3. The number of aromatic nitrogens is 4. The van der Waals surface area contributed by atoms with Crippen molar-refractivity contribution in [2.75, 3.05) is 5.73 Å². The van der Waals surface area contributed by atoms with Gasteiger partial charge in [0, 0.05) is 16.9 Å². The number of rotatable bonds is 1. The fraction of sp³-hybridized carbons (Fsp3) is 0.333. The molecule has 0 aliphatic heterocycles. The summed E-state index contributed by atoms with van der Waals surface area (Å²) in [6.07, 6.45) is 5.54. The lowest BCUT2D eigenvalue weighted by molar-refractivity contribution is 0.638. The monoisotopic (exact) mass is 265 g/mol. The number of nitrogens with two attached hydrogens (primary N) is 1. The molecule has 2 aliphatic carbocycles. The molecule has 0 spiro atoms. The van der Waals surface area contributed by atoms with E-state index in [-0.39, 0.29) is 0 Å². The lowest BCUT2D eigenvalue weighted by Crippen LogP contribution is -2.06. The van der Waals surface area contributed by atoms with Gasteiger partial charge in [0.05, 0.1) is 11.0 Å². The van der Waals surface area contributed by atoms with Crippen LogP contribution in [-0.2, 0) is 12.8 Å². The highest BCUT2D eigenvalue weighted by atomic mass is 15.2. The second-order valence-electron chi connectivity index (χ2n) is 6.03. The molecule has 5 heteroatoms. The molecule has 3 N–H and O–H groups in total. The van der Waals surface area contributed by atoms with E-state index in [1.54, 1.807) is 0 Å². The van der Waals surface area contributed by atoms with E-state index in [1.165, 1.54) is 17.7 Å². The van der Waals surface area contributed by atoms with E-state index in [9.17, 15) is 0 Å². The number of benzene rings is 1. The number of aromatic amines is 1. The molecule has 2 aliphatic rings. The highest BCUT2D eigenvalue weighted by molar-refractivity contribution is 5.80. The molecule has 0 bridgehead atoms. The van der Waals surface area contributed by atoms with Gasteiger partial charge in [0.25, 0.3) is 0 Å². The zero-order chi connectivity index (χ0) is 13.3. The summed E-state index contributed by atoms with van der Waals surface area (Å²) in [5.41, 5.74) is 11.2. The molecule has 1 fully saturated rings. The summed E-state index contributed by atoms with van der Waals surface area (Å²) in [4.78, 5) is 4.44. The van der Waals surface area contributed by atoms with E-state index in [0.717, 1.165) is 47.2 Å². The molecule has 0 amide bonds. The Labute approximate surface area is 115 Å². The second-order valence-corrected chi connectivity index (χ2v) is 6.03. The van der Waals surface area contributed by atoms with Crippen LogP contribution in [0.1, 0.15) is 17.7 Å². The van der Waals surface area contributed by atoms with Crippen LogP contribution < -0.4 is 5.73 Å². The van der Waals surface area contributed by atoms with Crippen molar-refractivity contribution in [2.24, 2.45) is 11.8 Å². The number of nitrogens with zero attached hydrogens (tertiary/aromatic N) is 3. The maximum atomic E-state index is 5.82. The first-order valence-corrected chi connectivity index (χ1v) is 7.08. The Morgan fingerprint density at radius 3 is 3.10 bits per heavy atom. The van der Waals surface area contributed by atoms with E-state index in [1.807, 2.05) is 24.5 Å². The van der Waals surface area contributed by atoms with Gasteiger partial charge in [-0.15, -0.1) is 0 Å². The number of nitrogens with one attached hydrogen (secondary N) is 1. The van der Waals surface area contributed by atoms with Gasteiger partial charge in [-0.3, -0.25) is 9.67 Å². The topological polar surface area (TPSA) is 72.5 Å². The molecule has 1 aromatic carbocycles. The zero-order valence-electron chi connectivity index (χ0n) is 11.0. The highest BCUT2D eigenvalue weighted by Crippen LogP contribution is 2.48. The molecule has 0 saturated heterocycles. The number of anilines is 1. The number of nitrogen functional groups attached to an aromatic ring is 1. The van der Waals surface area contributed by atoms with Gasteiger partial charge in [-0.05, 0) is 49.3 Å². The van der Waals surface area contributed by atoms with E-state index in [4.69, 9.17) is 5.73 Å². The summed E-state index contributed by atoms with van der Waals surface area (Å²) in [6, 6.07) is 5.83. The molecule has 2 atom stereocenters. The van der Waals surface area contributed by atoms with Crippen LogP contribution in [0.4, 0.5) is 5.69 Å². The third-order valence-corrected chi connectivity index (χ3v) is 4.73. The Hall–Kier alpha value is -2.30. The van der Waals surface area contributed by atoms with Crippen molar-refractivity contribution in [1.29, 1.82) is 0 Å². The molecule has 1 saturated carbocycles. The van der Waals surface area contributed by atoms with Crippen LogP contribution in [0.2, 0.25) is 0 Å². The van der Waals surface area contributed by atoms with Gasteiger partial charge in [0.15, 0.2) is 5.82 Å². The number of hydrogen-bond donors (Lipinski definition) is 2. The Morgan fingerprint density at radius 1 is 1.25 bits per heavy atom. The SMILES string of the molecule is Nc1ccc2c(c1)ncn2-c1n[nH]c2c1CC1CC1C2. The van der Waals surface area contributed by atoms with Crippen molar-refractivity contribution in [3.05, 3.63) is 35.8 Å². The van der Waals surface area contributed by atoms with Crippen LogP contribution in [0, 0.1) is 11.8 Å². The lowest BCUT2D eigenvalue weighted by Gasteiger charge is -2.11. The Morgan fingerprint density at radius 2 is 2.15 bits per heavy atom. The van der Waals surface area contributed by atoms with Crippen molar-refractivity contribution < 1.29 is 0 Å². The second kappa shape index (κ2) is 3.42. The Bertz CT molecular complexity index is 828. The Balaban J connectivity index is 1.70. The number of fused-ring (bicyclic) bond motifs is 3. The summed E-state index contributed by atoms with van der Waals surface area (Å²) in [5, 5.41) is 7.76. The van der Waals surface area contributed by atoms with Crippen molar-refractivity contribution in [2.45, 2.75) is 19.3 Å². The first-order valence-electron chi connectivity index (χ1n) is 7.08. The normalized spacial score (nSPS) is 23.6. The van der Waals surface area contributed by atoms with Gasteiger partial charge in [0.2, 0.25) is 0 Å². The van der Waals surface area contributed by atoms with E-state index in [2.05, 4.69) is 19.7 Å². The highest BCUT2D eigenvalue weighted by Gasteiger charge is 2.42. The fourth-order valence-corrected chi connectivity index (χ4v) is 3.51. The molecule has 5 nitrogen and oxygen atoms in total. The Kier molecular flexibility index (Phi) is 1.79. The van der Waals surface area contributed by atoms with Crippen molar-refractivity contribution in [3.8, 4) is 5.82 Å².